The Labute approximate surface area is 81.4 Å². The van der Waals surface area contributed by atoms with Gasteiger partial charge in [-0.3, -0.25) is 0 Å². The van der Waals surface area contributed by atoms with Crippen molar-refractivity contribution in [3.8, 4) is 0 Å². The van der Waals surface area contributed by atoms with Crippen molar-refractivity contribution in [3.63, 3.8) is 0 Å². The first kappa shape index (κ1) is 7.76. The SMILES string of the molecule is C1=C(c2noc3ccccc23)CNC1. The van der Waals surface area contributed by atoms with Gasteiger partial charge in [0.15, 0.2) is 5.58 Å². The van der Waals surface area contributed by atoms with E-state index < -0.39 is 0 Å². The van der Waals surface area contributed by atoms with E-state index in [1.54, 1.807) is 0 Å². The zero-order valence-corrected chi connectivity index (χ0v) is 7.66. The van der Waals surface area contributed by atoms with E-state index in [0.29, 0.717) is 0 Å². The Morgan fingerprint density at radius 1 is 1.29 bits per heavy atom. The molecule has 1 aromatic carbocycles. The third kappa shape index (κ3) is 1.06. The first-order valence-corrected chi connectivity index (χ1v) is 4.70. The largest absolute Gasteiger partial charge is 0.356 e. The second kappa shape index (κ2) is 2.96. The van der Waals surface area contributed by atoms with Crippen LogP contribution >= 0.6 is 0 Å². The molecule has 0 unspecified atom stereocenters. The van der Waals surface area contributed by atoms with E-state index in [1.165, 1.54) is 5.57 Å². The molecule has 3 heteroatoms. The summed E-state index contributed by atoms with van der Waals surface area (Å²) >= 11 is 0. The highest BCUT2D eigenvalue weighted by Gasteiger charge is 2.13. The fraction of sp³-hybridized carbons (Fsp3) is 0.182. The predicted molar refractivity (Wildman–Crippen MR) is 54.9 cm³/mol. The summed E-state index contributed by atoms with van der Waals surface area (Å²) in [5, 5.41) is 8.44. The molecule has 70 valence electrons. The van der Waals surface area contributed by atoms with Gasteiger partial charge < -0.3 is 9.84 Å². The maximum atomic E-state index is 5.24. The summed E-state index contributed by atoms with van der Waals surface area (Å²) in [5.74, 6) is 0. The van der Waals surface area contributed by atoms with Gasteiger partial charge in [-0.2, -0.15) is 0 Å². The molecular weight excluding hydrogens is 176 g/mol. The molecule has 0 atom stereocenters. The van der Waals surface area contributed by atoms with Crippen molar-refractivity contribution in [2.75, 3.05) is 13.1 Å². The van der Waals surface area contributed by atoms with Crippen LogP contribution in [0, 0.1) is 0 Å². The Balaban J connectivity index is 2.21. The number of hydrogen-bond donors (Lipinski definition) is 1. The monoisotopic (exact) mass is 186 g/mol. The van der Waals surface area contributed by atoms with Crippen LogP contribution in [0.3, 0.4) is 0 Å². The standard InChI is InChI=1S/C11H10N2O/c1-2-4-10-9(3-1)11(13-14-10)8-5-6-12-7-8/h1-5,12H,6-7H2. The average molecular weight is 186 g/mol. The van der Waals surface area contributed by atoms with Gasteiger partial charge in [0.05, 0.1) is 0 Å². The van der Waals surface area contributed by atoms with Crippen LogP contribution in [-0.2, 0) is 0 Å². The lowest BCUT2D eigenvalue weighted by Gasteiger charge is -1.94. The van der Waals surface area contributed by atoms with Crippen molar-refractivity contribution in [2.45, 2.75) is 0 Å². The van der Waals surface area contributed by atoms with Gasteiger partial charge in [0.1, 0.15) is 5.69 Å². The summed E-state index contributed by atoms with van der Waals surface area (Å²) in [4.78, 5) is 0. The van der Waals surface area contributed by atoms with Crippen molar-refractivity contribution in [3.05, 3.63) is 36.0 Å². The second-order valence-corrected chi connectivity index (χ2v) is 3.39. The molecule has 0 saturated carbocycles. The molecule has 0 saturated heterocycles. The molecule has 0 fully saturated rings. The second-order valence-electron chi connectivity index (χ2n) is 3.39. The highest BCUT2D eigenvalue weighted by molar-refractivity contribution is 5.89. The van der Waals surface area contributed by atoms with Gasteiger partial charge in [-0.25, -0.2) is 0 Å². The summed E-state index contributed by atoms with van der Waals surface area (Å²) < 4.78 is 5.24. The molecule has 3 nitrogen and oxygen atoms in total. The minimum Gasteiger partial charge on any atom is -0.356 e. The Hall–Kier alpha value is -1.61. The topological polar surface area (TPSA) is 38.1 Å². The van der Waals surface area contributed by atoms with Crippen LogP contribution in [-0.4, -0.2) is 18.2 Å². The van der Waals surface area contributed by atoms with Gasteiger partial charge >= 0.3 is 0 Å². The van der Waals surface area contributed by atoms with Crippen LogP contribution in [0.2, 0.25) is 0 Å². The van der Waals surface area contributed by atoms with Gasteiger partial charge in [-0.15, -0.1) is 0 Å². The van der Waals surface area contributed by atoms with E-state index in [0.717, 1.165) is 29.8 Å². The number of benzene rings is 1. The van der Waals surface area contributed by atoms with E-state index in [1.807, 2.05) is 24.3 Å². The molecule has 1 N–H and O–H groups in total. The van der Waals surface area contributed by atoms with Gasteiger partial charge in [0.25, 0.3) is 0 Å². The minimum atomic E-state index is 0.857. The normalized spacial score (nSPS) is 16.1. The molecule has 0 spiro atoms. The maximum Gasteiger partial charge on any atom is 0.167 e. The molecule has 14 heavy (non-hydrogen) atoms. The molecule has 0 amide bonds. The summed E-state index contributed by atoms with van der Waals surface area (Å²) in [5.41, 5.74) is 3.07. The fourth-order valence-electron chi connectivity index (χ4n) is 1.77. The number of nitrogens with one attached hydrogen (secondary N) is 1. The molecule has 3 rings (SSSR count). The molecular formula is C11H10N2O. The maximum absolute atomic E-state index is 5.24. The highest BCUT2D eigenvalue weighted by atomic mass is 16.5. The lowest BCUT2D eigenvalue weighted by Crippen LogP contribution is -2.07. The zero-order valence-electron chi connectivity index (χ0n) is 7.66. The van der Waals surface area contributed by atoms with Gasteiger partial charge in [0, 0.05) is 18.5 Å². The third-order valence-electron chi connectivity index (χ3n) is 2.49. The number of nitrogens with zero attached hydrogens (tertiary/aromatic N) is 1. The number of hydrogen-bond acceptors (Lipinski definition) is 3. The van der Waals surface area contributed by atoms with Crippen LogP contribution in [0.15, 0.2) is 34.9 Å². The zero-order chi connectivity index (χ0) is 9.38. The van der Waals surface area contributed by atoms with Crippen LogP contribution in [0.4, 0.5) is 0 Å². The smallest absolute Gasteiger partial charge is 0.167 e. The van der Waals surface area contributed by atoms with Gasteiger partial charge in [0.2, 0.25) is 0 Å². The molecule has 2 aromatic rings. The first-order chi connectivity index (χ1) is 6.95. The van der Waals surface area contributed by atoms with Crippen LogP contribution in [0.5, 0.6) is 0 Å². The Morgan fingerprint density at radius 2 is 2.21 bits per heavy atom. The lowest BCUT2D eigenvalue weighted by molar-refractivity contribution is 0.453. The fourth-order valence-corrected chi connectivity index (χ4v) is 1.77. The molecule has 1 aliphatic rings. The summed E-state index contributed by atoms with van der Waals surface area (Å²) in [7, 11) is 0. The Bertz CT molecular complexity index is 499. The van der Waals surface area contributed by atoms with Crippen molar-refractivity contribution in [1.82, 2.24) is 10.5 Å². The van der Waals surface area contributed by atoms with Gasteiger partial charge in [-0.1, -0.05) is 23.4 Å². The first-order valence-electron chi connectivity index (χ1n) is 4.70. The molecule has 0 radical (unpaired) electrons. The third-order valence-corrected chi connectivity index (χ3v) is 2.49. The summed E-state index contributed by atoms with van der Waals surface area (Å²) in [6, 6.07) is 7.94. The van der Waals surface area contributed by atoms with E-state index in [-0.39, 0.29) is 0 Å². The van der Waals surface area contributed by atoms with Crippen molar-refractivity contribution < 1.29 is 4.52 Å². The summed E-state index contributed by atoms with van der Waals surface area (Å²) in [6.45, 7) is 1.81. The molecule has 2 heterocycles. The Morgan fingerprint density at radius 3 is 3.07 bits per heavy atom. The van der Waals surface area contributed by atoms with Crippen LogP contribution in [0.25, 0.3) is 16.5 Å². The van der Waals surface area contributed by atoms with E-state index in [4.69, 9.17) is 4.52 Å². The predicted octanol–water partition coefficient (Wildman–Crippen LogP) is 1.81. The van der Waals surface area contributed by atoms with Crippen LogP contribution < -0.4 is 5.32 Å². The number of rotatable bonds is 1. The molecule has 0 bridgehead atoms. The van der Waals surface area contributed by atoms with Gasteiger partial charge in [-0.05, 0) is 17.7 Å². The molecule has 1 aliphatic heterocycles. The molecule has 1 aromatic heterocycles. The number of para-hydroxylation sites is 1. The quantitative estimate of drug-likeness (QED) is 0.738. The van der Waals surface area contributed by atoms with E-state index in [2.05, 4.69) is 16.5 Å². The van der Waals surface area contributed by atoms with Crippen molar-refractivity contribution >= 4 is 16.5 Å². The lowest BCUT2D eigenvalue weighted by atomic mass is 10.1. The van der Waals surface area contributed by atoms with Crippen molar-refractivity contribution in [2.24, 2.45) is 0 Å². The Kier molecular flexibility index (Phi) is 1.64. The minimum absolute atomic E-state index is 0.857. The average Bonchev–Trinajstić information content (AvgIpc) is 2.85. The number of aromatic nitrogens is 1. The summed E-state index contributed by atoms with van der Waals surface area (Å²) in [6.07, 6.45) is 2.16. The van der Waals surface area contributed by atoms with Crippen LogP contribution in [0.1, 0.15) is 5.69 Å². The van der Waals surface area contributed by atoms with Crippen molar-refractivity contribution in [1.29, 1.82) is 0 Å². The van der Waals surface area contributed by atoms with E-state index >= 15 is 0 Å². The highest BCUT2D eigenvalue weighted by Crippen LogP contribution is 2.24. The van der Waals surface area contributed by atoms with E-state index in [9.17, 15) is 0 Å². The molecule has 0 aliphatic carbocycles. The number of fused-ring (bicyclic) bond motifs is 1.